The highest BCUT2D eigenvalue weighted by Gasteiger charge is 2.26. The minimum absolute atomic E-state index is 0.162. The third-order valence-electron chi connectivity index (χ3n) is 3.79. The van der Waals surface area contributed by atoms with Crippen LogP contribution in [0.4, 0.5) is 13.2 Å². The van der Waals surface area contributed by atoms with Crippen LogP contribution in [0.2, 0.25) is 0 Å². The normalized spacial score (nSPS) is 13.3. The van der Waals surface area contributed by atoms with Crippen LogP contribution in [0.25, 0.3) is 0 Å². The number of hydrogen-bond acceptors (Lipinski definition) is 3. The van der Waals surface area contributed by atoms with E-state index in [-0.39, 0.29) is 30.0 Å². The maximum atomic E-state index is 12.4. The van der Waals surface area contributed by atoms with E-state index in [1.807, 2.05) is 6.92 Å². The van der Waals surface area contributed by atoms with Gasteiger partial charge in [0.15, 0.2) is 5.96 Å². The molecule has 27 heavy (non-hydrogen) atoms. The molecule has 1 aromatic carbocycles. The van der Waals surface area contributed by atoms with Crippen LogP contribution in [0.1, 0.15) is 32.8 Å². The van der Waals surface area contributed by atoms with Crippen molar-refractivity contribution in [1.82, 2.24) is 14.9 Å². The number of sulfonamides is 1. The standard InChI is InChI=1S/C17H27F3N4O2S/c1-5-21-16(22-11-10-17(18,19)20)23-12-14-6-8-15(9-7-14)27(25,26)24(4)13(2)3/h6-9,13H,5,10-12H2,1-4H3,(H2,21,22,23). The van der Waals surface area contributed by atoms with Gasteiger partial charge < -0.3 is 10.6 Å². The van der Waals surface area contributed by atoms with E-state index in [9.17, 15) is 21.6 Å². The number of nitrogens with zero attached hydrogens (tertiary/aromatic N) is 2. The van der Waals surface area contributed by atoms with Crippen LogP contribution in [0.15, 0.2) is 34.2 Å². The number of hydrogen-bond donors (Lipinski definition) is 2. The number of alkyl halides is 3. The van der Waals surface area contributed by atoms with Gasteiger partial charge in [0.2, 0.25) is 10.0 Å². The van der Waals surface area contributed by atoms with Crippen molar-refractivity contribution in [3.05, 3.63) is 29.8 Å². The summed E-state index contributed by atoms with van der Waals surface area (Å²) in [6, 6.07) is 6.13. The molecule has 0 saturated heterocycles. The number of guanidine groups is 1. The molecule has 0 fully saturated rings. The fourth-order valence-electron chi connectivity index (χ4n) is 2.05. The molecule has 10 heteroatoms. The topological polar surface area (TPSA) is 73.8 Å². The predicted molar refractivity (Wildman–Crippen MR) is 100 cm³/mol. The van der Waals surface area contributed by atoms with Crippen molar-refractivity contribution in [2.24, 2.45) is 4.99 Å². The summed E-state index contributed by atoms with van der Waals surface area (Å²) in [6.07, 6.45) is -5.18. The molecule has 6 nitrogen and oxygen atoms in total. The average Bonchev–Trinajstić information content (AvgIpc) is 2.58. The predicted octanol–water partition coefficient (Wildman–Crippen LogP) is 2.72. The molecule has 1 rings (SSSR count). The summed E-state index contributed by atoms with van der Waals surface area (Å²) in [5, 5.41) is 5.50. The van der Waals surface area contributed by atoms with Crippen molar-refractivity contribution >= 4 is 16.0 Å². The van der Waals surface area contributed by atoms with Gasteiger partial charge in [-0.25, -0.2) is 13.4 Å². The SMILES string of the molecule is CCNC(=NCc1ccc(S(=O)(=O)N(C)C(C)C)cc1)NCCC(F)(F)F. The number of benzene rings is 1. The van der Waals surface area contributed by atoms with Crippen LogP contribution in [-0.2, 0) is 16.6 Å². The van der Waals surface area contributed by atoms with Gasteiger partial charge in [-0.2, -0.15) is 17.5 Å². The minimum atomic E-state index is -4.23. The Morgan fingerprint density at radius 3 is 2.26 bits per heavy atom. The van der Waals surface area contributed by atoms with Gasteiger partial charge in [-0.05, 0) is 38.5 Å². The first-order valence-corrected chi connectivity index (χ1v) is 10.1. The Morgan fingerprint density at radius 2 is 1.78 bits per heavy atom. The summed E-state index contributed by atoms with van der Waals surface area (Å²) in [4.78, 5) is 4.41. The molecule has 0 aromatic heterocycles. The summed E-state index contributed by atoms with van der Waals surface area (Å²) in [5.41, 5.74) is 0.745. The molecule has 0 aliphatic heterocycles. The zero-order valence-electron chi connectivity index (χ0n) is 16.0. The highest BCUT2D eigenvalue weighted by molar-refractivity contribution is 7.89. The van der Waals surface area contributed by atoms with E-state index in [1.54, 1.807) is 26.0 Å². The van der Waals surface area contributed by atoms with E-state index < -0.39 is 22.6 Å². The zero-order valence-corrected chi connectivity index (χ0v) is 16.8. The first-order chi connectivity index (χ1) is 12.5. The molecule has 2 N–H and O–H groups in total. The van der Waals surface area contributed by atoms with Crippen LogP contribution >= 0.6 is 0 Å². The average molecular weight is 408 g/mol. The van der Waals surface area contributed by atoms with Crippen LogP contribution in [0, 0.1) is 0 Å². The molecular formula is C17H27F3N4O2S. The summed E-state index contributed by atoms with van der Waals surface area (Å²) in [5.74, 6) is 0.276. The quantitative estimate of drug-likeness (QED) is 0.512. The Hall–Kier alpha value is -1.81. The maximum absolute atomic E-state index is 12.4. The summed E-state index contributed by atoms with van der Waals surface area (Å²) in [7, 11) is -2.03. The molecule has 0 spiro atoms. The molecule has 0 heterocycles. The Kier molecular flexibility index (Phi) is 8.55. The number of nitrogens with one attached hydrogen (secondary N) is 2. The first kappa shape index (κ1) is 23.2. The van der Waals surface area contributed by atoms with Crippen molar-refractivity contribution < 1.29 is 21.6 Å². The van der Waals surface area contributed by atoms with E-state index in [2.05, 4.69) is 15.6 Å². The van der Waals surface area contributed by atoms with Crippen LogP contribution < -0.4 is 10.6 Å². The van der Waals surface area contributed by atoms with E-state index in [0.29, 0.717) is 6.54 Å². The molecule has 0 bridgehead atoms. The zero-order chi connectivity index (χ0) is 20.7. The van der Waals surface area contributed by atoms with Gasteiger partial charge in [0.05, 0.1) is 17.9 Å². The van der Waals surface area contributed by atoms with E-state index >= 15 is 0 Å². The van der Waals surface area contributed by atoms with Crippen LogP contribution in [-0.4, -0.2) is 51.0 Å². The highest BCUT2D eigenvalue weighted by atomic mass is 32.2. The maximum Gasteiger partial charge on any atom is 0.390 e. The third kappa shape index (κ3) is 7.76. The first-order valence-electron chi connectivity index (χ1n) is 8.63. The van der Waals surface area contributed by atoms with Gasteiger partial charge >= 0.3 is 6.18 Å². The number of aliphatic imine (C=N–C) groups is 1. The molecule has 0 radical (unpaired) electrons. The molecule has 154 valence electrons. The molecule has 0 unspecified atom stereocenters. The summed E-state index contributed by atoms with van der Waals surface area (Å²) in [6.45, 7) is 5.83. The lowest BCUT2D eigenvalue weighted by molar-refractivity contribution is -0.132. The summed E-state index contributed by atoms with van der Waals surface area (Å²) >= 11 is 0. The fraction of sp³-hybridized carbons (Fsp3) is 0.588. The van der Waals surface area contributed by atoms with Gasteiger partial charge in [0.1, 0.15) is 0 Å². The molecule has 0 atom stereocenters. The summed E-state index contributed by atoms with van der Waals surface area (Å²) < 4.78 is 62.8. The monoisotopic (exact) mass is 408 g/mol. The molecule has 0 aliphatic carbocycles. The van der Waals surface area contributed by atoms with Crippen molar-refractivity contribution in [2.75, 3.05) is 20.1 Å². The van der Waals surface area contributed by atoms with Gasteiger partial charge in [-0.1, -0.05) is 12.1 Å². The second-order valence-corrected chi connectivity index (χ2v) is 8.24. The van der Waals surface area contributed by atoms with Crippen molar-refractivity contribution in [3.63, 3.8) is 0 Å². The molecule has 1 aromatic rings. The van der Waals surface area contributed by atoms with Crippen molar-refractivity contribution in [1.29, 1.82) is 0 Å². The largest absolute Gasteiger partial charge is 0.390 e. The number of halogens is 3. The lowest BCUT2D eigenvalue weighted by Gasteiger charge is -2.21. The Morgan fingerprint density at radius 1 is 1.19 bits per heavy atom. The van der Waals surface area contributed by atoms with E-state index in [4.69, 9.17) is 0 Å². The Bertz CT molecular complexity index is 717. The minimum Gasteiger partial charge on any atom is -0.357 e. The Balaban J connectivity index is 2.78. The van der Waals surface area contributed by atoms with Crippen LogP contribution in [0.5, 0.6) is 0 Å². The van der Waals surface area contributed by atoms with Crippen molar-refractivity contribution in [2.45, 2.75) is 50.9 Å². The van der Waals surface area contributed by atoms with Gasteiger partial charge in [0, 0.05) is 26.2 Å². The lowest BCUT2D eigenvalue weighted by atomic mass is 10.2. The molecule has 0 aliphatic rings. The molecule has 0 amide bonds. The highest BCUT2D eigenvalue weighted by Crippen LogP contribution is 2.18. The molecule has 0 saturated carbocycles. The second kappa shape index (κ2) is 9.93. The van der Waals surface area contributed by atoms with Crippen LogP contribution in [0.3, 0.4) is 0 Å². The fourth-order valence-corrected chi connectivity index (χ4v) is 3.41. The second-order valence-electron chi connectivity index (χ2n) is 6.25. The van der Waals surface area contributed by atoms with Gasteiger partial charge in [-0.3, -0.25) is 0 Å². The Labute approximate surface area is 158 Å². The molecular weight excluding hydrogens is 381 g/mol. The van der Waals surface area contributed by atoms with Gasteiger partial charge in [-0.15, -0.1) is 0 Å². The van der Waals surface area contributed by atoms with Gasteiger partial charge in [0.25, 0.3) is 0 Å². The van der Waals surface area contributed by atoms with Crippen molar-refractivity contribution in [3.8, 4) is 0 Å². The van der Waals surface area contributed by atoms with E-state index in [0.717, 1.165) is 5.56 Å². The van der Waals surface area contributed by atoms with E-state index in [1.165, 1.54) is 23.5 Å². The smallest absolute Gasteiger partial charge is 0.357 e. The third-order valence-corrected chi connectivity index (χ3v) is 5.84. The lowest BCUT2D eigenvalue weighted by Crippen LogP contribution is -2.38. The number of rotatable bonds is 8.